The van der Waals surface area contributed by atoms with Gasteiger partial charge in [-0.1, -0.05) is 42.6 Å². The van der Waals surface area contributed by atoms with Gasteiger partial charge < -0.3 is 10.6 Å². The summed E-state index contributed by atoms with van der Waals surface area (Å²) in [6.07, 6.45) is 2.24. The van der Waals surface area contributed by atoms with Gasteiger partial charge in [0.2, 0.25) is 5.91 Å². The third-order valence-electron chi connectivity index (χ3n) is 2.93. The molecule has 0 bridgehead atoms. The number of rotatable bonds is 6. The van der Waals surface area contributed by atoms with E-state index in [4.69, 9.17) is 28.9 Å². The van der Waals surface area contributed by atoms with Gasteiger partial charge in [-0.3, -0.25) is 4.79 Å². The van der Waals surface area contributed by atoms with Crippen molar-refractivity contribution in [2.45, 2.75) is 38.8 Å². The Balaban J connectivity index is 2.56. The number of nitrogens with zero attached hydrogens (tertiary/aromatic N) is 1. The maximum Gasteiger partial charge on any atom is 0.224 e. The van der Waals surface area contributed by atoms with E-state index in [9.17, 15) is 4.79 Å². The summed E-state index contributed by atoms with van der Waals surface area (Å²) >= 11 is 11.8. The molecule has 3 nitrogen and oxygen atoms in total. The number of carbonyl (C=O) groups excluding carboxylic acids is 1. The highest BCUT2D eigenvalue weighted by molar-refractivity contribution is 6.42. The highest BCUT2D eigenvalue weighted by atomic mass is 35.5. The van der Waals surface area contributed by atoms with E-state index < -0.39 is 0 Å². The van der Waals surface area contributed by atoms with Crippen molar-refractivity contribution in [1.82, 2.24) is 4.90 Å². The normalized spacial score (nSPS) is 12.3. The second-order valence-corrected chi connectivity index (χ2v) is 5.57. The minimum absolute atomic E-state index is 0.0482. The van der Waals surface area contributed by atoms with Crippen molar-refractivity contribution in [2.24, 2.45) is 5.73 Å². The first-order chi connectivity index (χ1) is 8.93. The van der Waals surface area contributed by atoms with Crippen molar-refractivity contribution < 1.29 is 4.79 Å². The third kappa shape index (κ3) is 5.39. The fourth-order valence-electron chi connectivity index (χ4n) is 1.85. The summed E-state index contributed by atoms with van der Waals surface area (Å²) in [6, 6.07) is 5.32. The van der Waals surface area contributed by atoms with Crippen LogP contribution in [0.25, 0.3) is 0 Å². The van der Waals surface area contributed by atoms with E-state index in [0.29, 0.717) is 23.0 Å². The van der Waals surface area contributed by atoms with Crippen molar-refractivity contribution >= 4 is 29.1 Å². The van der Waals surface area contributed by atoms with E-state index in [0.717, 1.165) is 18.4 Å². The molecular formula is C14H20Cl2N2O. The Labute approximate surface area is 124 Å². The molecule has 0 saturated carbocycles. The summed E-state index contributed by atoms with van der Waals surface area (Å²) in [6.45, 7) is 2.57. The summed E-state index contributed by atoms with van der Waals surface area (Å²) in [5.41, 5.74) is 6.83. The van der Waals surface area contributed by atoms with E-state index >= 15 is 0 Å². The number of amides is 1. The number of nitrogens with two attached hydrogens (primary N) is 1. The number of carbonyl (C=O) groups is 1. The van der Waals surface area contributed by atoms with Gasteiger partial charge in [-0.05, 0) is 24.1 Å². The van der Waals surface area contributed by atoms with Gasteiger partial charge in [-0.15, -0.1) is 0 Å². The van der Waals surface area contributed by atoms with Gasteiger partial charge in [-0.2, -0.15) is 0 Å². The number of halogens is 2. The van der Waals surface area contributed by atoms with Crippen molar-refractivity contribution in [3.63, 3.8) is 0 Å². The van der Waals surface area contributed by atoms with Crippen LogP contribution in [0.15, 0.2) is 18.2 Å². The predicted molar refractivity (Wildman–Crippen MR) is 80.4 cm³/mol. The number of hydrogen-bond donors (Lipinski definition) is 1. The molecule has 0 radical (unpaired) electrons. The quantitative estimate of drug-likeness (QED) is 0.874. The molecule has 19 heavy (non-hydrogen) atoms. The van der Waals surface area contributed by atoms with Gasteiger partial charge in [0.1, 0.15) is 0 Å². The molecule has 0 aliphatic heterocycles. The molecule has 1 unspecified atom stereocenters. The van der Waals surface area contributed by atoms with Crippen LogP contribution in [0, 0.1) is 0 Å². The molecule has 1 amide bonds. The van der Waals surface area contributed by atoms with Crippen molar-refractivity contribution in [3.05, 3.63) is 33.8 Å². The number of hydrogen-bond acceptors (Lipinski definition) is 2. The minimum atomic E-state index is -0.0613. The predicted octanol–water partition coefficient (Wildman–Crippen LogP) is 3.47. The minimum Gasteiger partial charge on any atom is -0.341 e. The maximum absolute atomic E-state index is 12.0. The zero-order chi connectivity index (χ0) is 14.4. The Morgan fingerprint density at radius 1 is 1.37 bits per heavy atom. The molecule has 5 heteroatoms. The zero-order valence-corrected chi connectivity index (χ0v) is 12.8. The average molecular weight is 303 g/mol. The first-order valence-electron chi connectivity index (χ1n) is 6.37. The molecule has 0 aliphatic carbocycles. The average Bonchev–Trinajstić information content (AvgIpc) is 2.34. The summed E-state index contributed by atoms with van der Waals surface area (Å²) < 4.78 is 0. The molecule has 0 aliphatic rings. The van der Waals surface area contributed by atoms with E-state index in [1.807, 2.05) is 6.07 Å². The lowest BCUT2D eigenvalue weighted by Gasteiger charge is -2.19. The SMILES string of the molecule is CCCC(N)CC(=O)N(C)Cc1ccc(Cl)c(Cl)c1. The topological polar surface area (TPSA) is 46.3 Å². The van der Waals surface area contributed by atoms with Crippen LogP contribution in [-0.2, 0) is 11.3 Å². The molecule has 1 atom stereocenters. The van der Waals surface area contributed by atoms with Crippen LogP contribution in [-0.4, -0.2) is 23.9 Å². The number of benzene rings is 1. The Hall–Kier alpha value is -0.770. The molecule has 0 saturated heterocycles. The Bertz CT molecular complexity index is 437. The molecule has 1 aromatic carbocycles. The monoisotopic (exact) mass is 302 g/mol. The van der Waals surface area contributed by atoms with Crippen LogP contribution in [0.1, 0.15) is 31.7 Å². The largest absolute Gasteiger partial charge is 0.341 e. The summed E-state index contributed by atoms with van der Waals surface area (Å²) in [7, 11) is 1.77. The molecule has 0 spiro atoms. The Morgan fingerprint density at radius 2 is 2.05 bits per heavy atom. The Morgan fingerprint density at radius 3 is 2.63 bits per heavy atom. The highest BCUT2D eigenvalue weighted by Gasteiger charge is 2.13. The van der Waals surface area contributed by atoms with Crippen LogP contribution in [0.2, 0.25) is 10.0 Å². The fourth-order valence-corrected chi connectivity index (χ4v) is 2.17. The highest BCUT2D eigenvalue weighted by Crippen LogP contribution is 2.23. The van der Waals surface area contributed by atoms with Crippen molar-refractivity contribution in [1.29, 1.82) is 0 Å². The molecule has 2 N–H and O–H groups in total. The maximum atomic E-state index is 12.0. The summed E-state index contributed by atoms with van der Waals surface area (Å²) in [4.78, 5) is 13.6. The van der Waals surface area contributed by atoms with Gasteiger partial charge in [0.25, 0.3) is 0 Å². The molecule has 0 heterocycles. The lowest BCUT2D eigenvalue weighted by atomic mass is 10.1. The van der Waals surface area contributed by atoms with Crippen LogP contribution in [0.3, 0.4) is 0 Å². The van der Waals surface area contributed by atoms with Gasteiger partial charge >= 0.3 is 0 Å². The Kier molecular flexibility index (Phi) is 6.63. The lowest BCUT2D eigenvalue weighted by Crippen LogP contribution is -2.32. The van der Waals surface area contributed by atoms with Crippen LogP contribution in [0.4, 0.5) is 0 Å². The van der Waals surface area contributed by atoms with Gasteiger partial charge in [-0.25, -0.2) is 0 Å². The van der Waals surface area contributed by atoms with Crippen LogP contribution in [0.5, 0.6) is 0 Å². The first kappa shape index (κ1) is 16.3. The second kappa shape index (κ2) is 7.73. The van der Waals surface area contributed by atoms with Gasteiger partial charge in [0, 0.05) is 26.1 Å². The fraction of sp³-hybridized carbons (Fsp3) is 0.500. The van der Waals surface area contributed by atoms with Crippen LogP contribution >= 0.6 is 23.2 Å². The van der Waals surface area contributed by atoms with Crippen molar-refractivity contribution in [3.8, 4) is 0 Å². The second-order valence-electron chi connectivity index (χ2n) is 4.75. The molecule has 0 aromatic heterocycles. The molecule has 1 aromatic rings. The smallest absolute Gasteiger partial charge is 0.224 e. The summed E-state index contributed by atoms with van der Waals surface area (Å²) in [5.74, 6) is 0.0482. The van der Waals surface area contributed by atoms with E-state index in [1.165, 1.54) is 0 Å². The first-order valence-corrected chi connectivity index (χ1v) is 7.13. The molecule has 0 fully saturated rings. The molecule has 106 valence electrons. The zero-order valence-electron chi connectivity index (χ0n) is 11.3. The van der Waals surface area contributed by atoms with E-state index in [2.05, 4.69) is 6.92 Å². The van der Waals surface area contributed by atoms with Gasteiger partial charge in [0.15, 0.2) is 0 Å². The van der Waals surface area contributed by atoms with E-state index in [1.54, 1.807) is 24.1 Å². The van der Waals surface area contributed by atoms with E-state index in [-0.39, 0.29) is 11.9 Å². The third-order valence-corrected chi connectivity index (χ3v) is 3.66. The van der Waals surface area contributed by atoms with Crippen LogP contribution < -0.4 is 5.73 Å². The molecule has 1 rings (SSSR count). The molecular weight excluding hydrogens is 283 g/mol. The standard InChI is InChI=1S/C14H20Cl2N2O/c1-3-4-11(17)8-14(19)18(2)9-10-5-6-12(15)13(16)7-10/h5-7,11H,3-4,8-9,17H2,1-2H3. The van der Waals surface area contributed by atoms with Gasteiger partial charge in [0.05, 0.1) is 10.0 Å². The van der Waals surface area contributed by atoms with Crippen molar-refractivity contribution in [2.75, 3.05) is 7.05 Å². The lowest BCUT2D eigenvalue weighted by molar-refractivity contribution is -0.130. The summed E-state index contributed by atoms with van der Waals surface area (Å²) in [5, 5.41) is 1.02.